The zero-order valence-electron chi connectivity index (χ0n) is 8.08. The van der Waals surface area contributed by atoms with E-state index in [1.165, 1.54) is 0 Å². The van der Waals surface area contributed by atoms with Gasteiger partial charge in [0.1, 0.15) is 5.54 Å². The van der Waals surface area contributed by atoms with Crippen LogP contribution < -0.4 is 10.6 Å². The predicted octanol–water partition coefficient (Wildman–Crippen LogP) is -0.161. The van der Waals surface area contributed by atoms with Gasteiger partial charge in [0.05, 0.1) is 0 Å². The third-order valence-electron chi connectivity index (χ3n) is 3.09. The number of amides is 3. The highest BCUT2D eigenvalue weighted by molar-refractivity contribution is 6.07. The molecule has 1 spiro atoms. The molecule has 1 saturated heterocycles. The van der Waals surface area contributed by atoms with Crippen molar-refractivity contribution in [3.8, 4) is 0 Å². The molecule has 2 unspecified atom stereocenters. The monoisotopic (exact) mass is 212 g/mol. The van der Waals surface area contributed by atoms with Crippen LogP contribution in [0.25, 0.3) is 0 Å². The van der Waals surface area contributed by atoms with E-state index < -0.39 is 17.5 Å². The minimum absolute atomic E-state index is 0.0216. The van der Waals surface area contributed by atoms with Gasteiger partial charge >= 0.3 is 12.0 Å². The van der Waals surface area contributed by atoms with Gasteiger partial charge in [-0.3, -0.25) is 14.9 Å². The number of imide groups is 1. The van der Waals surface area contributed by atoms with Crippen LogP contribution in [0.15, 0.2) is 0 Å². The van der Waals surface area contributed by atoms with Gasteiger partial charge in [0.25, 0.3) is 5.91 Å². The molecule has 2 aliphatic rings. The van der Waals surface area contributed by atoms with E-state index in [1.807, 2.05) is 0 Å². The van der Waals surface area contributed by atoms with Gasteiger partial charge in [0, 0.05) is 6.42 Å². The molecule has 1 aliphatic carbocycles. The van der Waals surface area contributed by atoms with Crippen LogP contribution in [0.4, 0.5) is 4.79 Å². The maximum atomic E-state index is 11.5. The van der Waals surface area contributed by atoms with Gasteiger partial charge in [0.15, 0.2) is 0 Å². The smallest absolute Gasteiger partial charge is 0.322 e. The van der Waals surface area contributed by atoms with Crippen molar-refractivity contribution in [2.24, 2.45) is 5.92 Å². The predicted molar refractivity (Wildman–Crippen MR) is 49.0 cm³/mol. The molecule has 2 fully saturated rings. The van der Waals surface area contributed by atoms with Crippen molar-refractivity contribution in [2.75, 3.05) is 0 Å². The minimum atomic E-state index is -0.859. The van der Waals surface area contributed by atoms with Gasteiger partial charge in [0.2, 0.25) is 0 Å². The van der Waals surface area contributed by atoms with E-state index in [2.05, 4.69) is 10.6 Å². The Morgan fingerprint density at radius 3 is 2.80 bits per heavy atom. The Morgan fingerprint density at radius 2 is 2.27 bits per heavy atom. The summed E-state index contributed by atoms with van der Waals surface area (Å²) in [5.41, 5.74) is -0.836. The summed E-state index contributed by atoms with van der Waals surface area (Å²) in [7, 11) is 0. The second-order valence-corrected chi connectivity index (χ2v) is 4.20. The Bertz CT molecular complexity index is 341. The summed E-state index contributed by atoms with van der Waals surface area (Å²) in [6, 6.07) is -0.476. The fourth-order valence-electron chi connectivity index (χ4n) is 2.42. The summed E-state index contributed by atoms with van der Waals surface area (Å²) >= 11 is 0. The highest BCUT2D eigenvalue weighted by atomic mass is 16.4. The topological polar surface area (TPSA) is 95.5 Å². The lowest BCUT2D eigenvalue weighted by molar-refractivity contribution is -0.138. The fraction of sp³-hybridized carbons (Fsp3) is 0.667. The second kappa shape index (κ2) is 3.22. The molecule has 6 heteroatoms. The van der Waals surface area contributed by atoms with Crippen LogP contribution in [0.5, 0.6) is 0 Å². The van der Waals surface area contributed by atoms with Crippen LogP contribution in [-0.4, -0.2) is 28.6 Å². The largest absolute Gasteiger partial charge is 0.481 e. The fourth-order valence-corrected chi connectivity index (χ4v) is 2.42. The highest BCUT2D eigenvalue weighted by Gasteiger charge is 2.51. The molecule has 0 aromatic rings. The van der Waals surface area contributed by atoms with Crippen molar-refractivity contribution in [1.29, 1.82) is 0 Å². The van der Waals surface area contributed by atoms with E-state index in [0.29, 0.717) is 19.3 Å². The second-order valence-electron chi connectivity index (χ2n) is 4.20. The molecule has 0 radical (unpaired) electrons. The van der Waals surface area contributed by atoms with E-state index in [0.717, 1.165) is 0 Å². The zero-order valence-corrected chi connectivity index (χ0v) is 8.08. The van der Waals surface area contributed by atoms with E-state index in [-0.39, 0.29) is 18.2 Å². The van der Waals surface area contributed by atoms with Crippen molar-refractivity contribution in [3.05, 3.63) is 0 Å². The summed E-state index contributed by atoms with van der Waals surface area (Å²) in [5, 5.41) is 13.4. The Morgan fingerprint density at radius 1 is 1.53 bits per heavy atom. The maximum Gasteiger partial charge on any atom is 0.322 e. The molecule has 3 N–H and O–H groups in total. The summed E-state index contributed by atoms with van der Waals surface area (Å²) in [5.74, 6) is -1.20. The molecule has 0 aromatic carbocycles. The molecule has 2 atom stereocenters. The standard InChI is InChI=1S/C9H12N2O4/c12-6(13)3-5-1-2-9(4-5)7(14)10-8(15)11-9/h5H,1-4H2,(H,12,13)(H2,10,11,14,15). The van der Waals surface area contributed by atoms with Crippen LogP contribution in [-0.2, 0) is 9.59 Å². The summed E-state index contributed by atoms with van der Waals surface area (Å²) in [4.78, 5) is 33.0. The first kappa shape index (κ1) is 9.95. The summed E-state index contributed by atoms with van der Waals surface area (Å²) < 4.78 is 0. The molecular formula is C9H12N2O4. The minimum Gasteiger partial charge on any atom is -0.481 e. The van der Waals surface area contributed by atoms with Crippen molar-refractivity contribution in [1.82, 2.24) is 10.6 Å². The number of carboxylic acids is 1. The van der Waals surface area contributed by atoms with Crippen LogP contribution in [0.2, 0.25) is 0 Å². The van der Waals surface area contributed by atoms with Crippen LogP contribution in [0, 0.1) is 5.92 Å². The number of carboxylic acid groups (broad SMARTS) is 1. The zero-order chi connectivity index (χ0) is 11.1. The number of hydrogen-bond acceptors (Lipinski definition) is 3. The van der Waals surface area contributed by atoms with Gasteiger partial charge in [-0.15, -0.1) is 0 Å². The lowest BCUT2D eigenvalue weighted by atomic mass is 9.95. The van der Waals surface area contributed by atoms with Gasteiger partial charge in [-0.05, 0) is 25.2 Å². The number of rotatable bonds is 2. The SMILES string of the molecule is O=C(O)CC1CCC2(C1)NC(=O)NC2=O. The van der Waals surface area contributed by atoms with E-state index in [4.69, 9.17) is 5.11 Å². The van der Waals surface area contributed by atoms with E-state index in [9.17, 15) is 14.4 Å². The molecular weight excluding hydrogens is 200 g/mol. The van der Waals surface area contributed by atoms with Crippen LogP contribution >= 0.6 is 0 Å². The summed E-state index contributed by atoms with van der Waals surface area (Å²) in [6.45, 7) is 0. The van der Waals surface area contributed by atoms with Crippen molar-refractivity contribution >= 4 is 17.9 Å². The number of nitrogens with one attached hydrogen (secondary N) is 2. The third kappa shape index (κ3) is 1.67. The van der Waals surface area contributed by atoms with Gasteiger partial charge in [-0.25, -0.2) is 4.79 Å². The number of carbonyl (C=O) groups is 3. The van der Waals surface area contributed by atoms with Crippen LogP contribution in [0.1, 0.15) is 25.7 Å². The molecule has 0 aromatic heterocycles. The molecule has 1 saturated carbocycles. The molecule has 82 valence electrons. The molecule has 6 nitrogen and oxygen atoms in total. The quantitative estimate of drug-likeness (QED) is 0.554. The van der Waals surface area contributed by atoms with E-state index >= 15 is 0 Å². The van der Waals surface area contributed by atoms with Crippen molar-refractivity contribution < 1.29 is 19.5 Å². The van der Waals surface area contributed by atoms with Crippen LogP contribution in [0.3, 0.4) is 0 Å². The maximum absolute atomic E-state index is 11.5. The molecule has 1 aliphatic heterocycles. The Balaban J connectivity index is 2.05. The molecule has 15 heavy (non-hydrogen) atoms. The van der Waals surface area contributed by atoms with Gasteiger partial charge < -0.3 is 10.4 Å². The van der Waals surface area contributed by atoms with Gasteiger partial charge in [-0.1, -0.05) is 0 Å². The van der Waals surface area contributed by atoms with Crippen molar-refractivity contribution in [2.45, 2.75) is 31.2 Å². The Labute approximate surface area is 86.0 Å². The summed E-state index contributed by atoms with van der Waals surface area (Å²) in [6.07, 6.45) is 1.68. The number of aliphatic carboxylic acids is 1. The van der Waals surface area contributed by atoms with Crippen molar-refractivity contribution in [3.63, 3.8) is 0 Å². The van der Waals surface area contributed by atoms with E-state index in [1.54, 1.807) is 0 Å². The average Bonchev–Trinajstić information content (AvgIpc) is 2.58. The Kier molecular flexibility index (Phi) is 2.13. The molecule has 1 heterocycles. The first-order valence-corrected chi connectivity index (χ1v) is 4.87. The first-order chi connectivity index (χ1) is 7.02. The number of hydrogen-bond donors (Lipinski definition) is 3. The third-order valence-corrected chi connectivity index (χ3v) is 3.09. The highest BCUT2D eigenvalue weighted by Crippen LogP contribution is 2.38. The number of carbonyl (C=O) groups excluding carboxylic acids is 2. The molecule has 2 rings (SSSR count). The van der Waals surface area contributed by atoms with Gasteiger partial charge in [-0.2, -0.15) is 0 Å². The first-order valence-electron chi connectivity index (χ1n) is 4.87. The molecule has 0 bridgehead atoms. The molecule has 3 amide bonds. The average molecular weight is 212 g/mol. The number of urea groups is 1. The lowest BCUT2D eigenvalue weighted by Gasteiger charge is -2.19. The Hall–Kier alpha value is -1.59. The lowest BCUT2D eigenvalue weighted by Crippen LogP contribution is -2.44. The normalized spacial score (nSPS) is 34.3.